The maximum atomic E-state index is 12.8. The van der Waals surface area contributed by atoms with Crippen molar-refractivity contribution in [3.8, 4) is 5.75 Å². The number of aryl methyl sites for hydroxylation is 1. The monoisotopic (exact) mass is 353 g/mol. The van der Waals surface area contributed by atoms with Gasteiger partial charge in [-0.1, -0.05) is 18.2 Å². The molecule has 0 saturated carbocycles. The maximum absolute atomic E-state index is 12.8. The van der Waals surface area contributed by atoms with Crippen molar-refractivity contribution in [1.29, 1.82) is 0 Å². The molecule has 0 spiro atoms. The molecule has 0 radical (unpaired) electrons. The zero-order valence-electron chi connectivity index (χ0n) is 15.2. The summed E-state index contributed by atoms with van der Waals surface area (Å²) in [6.45, 7) is 4.18. The van der Waals surface area contributed by atoms with E-state index in [9.17, 15) is 9.59 Å². The Hall–Kier alpha value is -2.66. The number of ketones is 1. The van der Waals surface area contributed by atoms with E-state index in [0.29, 0.717) is 37.4 Å². The van der Waals surface area contributed by atoms with Crippen LogP contribution in [0, 0.1) is 6.92 Å². The highest BCUT2D eigenvalue weighted by Gasteiger charge is 2.22. The summed E-state index contributed by atoms with van der Waals surface area (Å²) in [5, 5.41) is 0. The average Bonchev–Trinajstić information content (AvgIpc) is 2.68. The van der Waals surface area contributed by atoms with Crippen molar-refractivity contribution in [2.75, 3.05) is 33.4 Å². The molecule has 1 aliphatic rings. The van der Waals surface area contributed by atoms with Gasteiger partial charge in [0.15, 0.2) is 5.78 Å². The van der Waals surface area contributed by atoms with Gasteiger partial charge in [-0.15, -0.1) is 0 Å². The van der Waals surface area contributed by atoms with Crippen LogP contribution in [0.1, 0.15) is 31.8 Å². The number of nitrogens with zero attached hydrogens (tertiary/aromatic N) is 1. The summed E-state index contributed by atoms with van der Waals surface area (Å²) in [6, 6.07) is 12.7. The third-order valence-electron chi connectivity index (χ3n) is 4.61. The molecule has 1 saturated heterocycles. The Balaban J connectivity index is 1.80. The number of amides is 1. The molecule has 3 rings (SSSR count). The smallest absolute Gasteiger partial charge is 0.254 e. The van der Waals surface area contributed by atoms with Gasteiger partial charge in [0.2, 0.25) is 0 Å². The second-order valence-electron chi connectivity index (χ2n) is 6.35. The van der Waals surface area contributed by atoms with E-state index in [2.05, 4.69) is 0 Å². The van der Waals surface area contributed by atoms with Crippen LogP contribution in [-0.4, -0.2) is 50.0 Å². The second-order valence-corrected chi connectivity index (χ2v) is 6.35. The molecule has 2 aromatic rings. The number of ether oxygens (including phenoxy) is 2. The Labute approximate surface area is 153 Å². The Morgan fingerprint density at radius 2 is 1.85 bits per heavy atom. The van der Waals surface area contributed by atoms with E-state index in [4.69, 9.17) is 9.47 Å². The van der Waals surface area contributed by atoms with E-state index < -0.39 is 0 Å². The largest absolute Gasteiger partial charge is 0.496 e. The number of hydrogen-bond donors (Lipinski definition) is 0. The minimum atomic E-state index is -0.0392. The predicted octanol–water partition coefficient (Wildman–Crippen LogP) is 2.90. The molecule has 5 heteroatoms. The number of morpholine rings is 1. The van der Waals surface area contributed by atoms with Gasteiger partial charge >= 0.3 is 0 Å². The Kier molecular flexibility index (Phi) is 5.68. The van der Waals surface area contributed by atoms with Crippen LogP contribution in [0.15, 0.2) is 42.5 Å². The lowest BCUT2D eigenvalue weighted by Crippen LogP contribution is -2.41. The molecule has 1 heterocycles. The lowest BCUT2D eigenvalue weighted by molar-refractivity contribution is 0.0302. The van der Waals surface area contributed by atoms with Crippen molar-refractivity contribution in [2.24, 2.45) is 0 Å². The van der Waals surface area contributed by atoms with E-state index in [0.717, 1.165) is 16.9 Å². The molecule has 5 nitrogen and oxygen atoms in total. The first-order valence-electron chi connectivity index (χ1n) is 8.73. The van der Waals surface area contributed by atoms with Gasteiger partial charge < -0.3 is 14.4 Å². The van der Waals surface area contributed by atoms with Crippen LogP contribution < -0.4 is 4.74 Å². The molecule has 0 atom stereocenters. The van der Waals surface area contributed by atoms with Crippen LogP contribution in [0.2, 0.25) is 0 Å². The first-order chi connectivity index (χ1) is 12.6. The minimum Gasteiger partial charge on any atom is -0.496 e. The van der Waals surface area contributed by atoms with Gasteiger partial charge in [-0.3, -0.25) is 9.59 Å². The molecule has 0 bridgehead atoms. The van der Waals surface area contributed by atoms with Crippen LogP contribution in [0.25, 0.3) is 0 Å². The number of carbonyl (C=O) groups excluding carboxylic acids is 2. The molecule has 0 N–H and O–H groups in total. The molecular weight excluding hydrogens is 330 g/mol. The Bertz CT molecular complexity index is 809. The standard InChI is InChI=1S/C21H23NO4/c1-15-13-17(7-8-20(15)25-2)19(23)14-16-5-3-4-6-18(16)21(24)22-9-11-26-12-10-22/h3-8,13H,9-12,14H2,1-2H3. The molecule has 0 unspecified atom stereocenters. The van der Waals surface area contributed by atoms with Crippen LogP contribution in [-0.2, 0) is 11.2 Å². The normalized spacial score (nSPS) is 14.2. The van der Waals surface area contributed by atoms with Gasteiger partial charge in [-0.25, -0.2) is 0 Å². The lowest BCUT2D eigenvalue weighted by atomic mass is 9.97. The summed E-state index contributed by atoms with van der Waals surface area (Å²) in [4.78, 5) is 27.3. The summed E-state index contributed by atoms with van der Waals surface area (Å²) in [7, 11) is 1.61. The van der Waals surface area contributed by atoms with E-state index in [1.807, 2.05) is 31.2 Å². The molecule has 2 aromatic carbocycles. The molecule has 26 heavy (non-hydrogen) atoms. The molecule has 0 aliphatic carbocycles. The zero-order chi connectivity index (χ0) is 18.5. The fourth-order valence-electron chi connectivity index (χ4n) is 3.15. The maximum Gasteiger partial charge on any atom is 0.254 e. The van der Waals surface area contributed by atoms with Crippen LogP contribution in [0.4, 0.5) is 0 Å². The molecule has 0 aromatic heterocycles. The number of hydrogen-bond acceptors (Lipinski definition) is 4. The first kappa shape index (κ1) is 18.1. The highest BCUT2D eigenvalue weighted by atomic mass is 16.5. The van der Waals surface area contributed by atoms with Crippen molar-refractivity contribution in [2.45, 2.75) is 13.3 Å². The zero-order valence-corrected chi connectivity index (χ0v) is 15.2. The van der Waals surface area contributed by atoms with Gasteiger partial charge in [0.25, 0.3) is 5.91 Å². The topological polar surface area (TPSA) is 55.8 Å². The van der Waals surface area contributed by atoms with Crippen LogP contribution in [0.3, 0.4) is 0 Å². The van der Waals surface area contributed by atoms with Crippen molar-refractivity contribution in [1.82, 2.24) is 4.90 Å². The molecule has 1 aliphatic heterocycles. The number of methoxy groups -OCH3 is 1. The van der Waals surface area contributed by atoms with E-state index in [1.54, 1.807) is 30.2 Å². The minimum absolute atomic E-state index is 0.0158. The quantitative estimate of drug-likeness (QED) is 0.776. The summed E-state index contributed by atoms with van der Waals surface area (Å²) in [5.41, 5.74) is 2.88. The third-order valence-corrected chi connectivity index (χ3v) is 4.61. The van der Waals surface area contributed by atoms with Crippen molar-refractivity contribution >= 4 is 11.7 Å². The van der Waals surface area contributed by atoms with Crippen LogP contribution in [0.5, 0.6) is 5.75 Å². The molecule has 1 amide bonds. The highest BCUT2D eigenvalue weighted by Crippen LogP contribution is 2.21. The number of Topliss-reactive ketones (excluding diaryl/α,β-unsaturated/α-hetero) is 1. The number of rotatable bonds is 5. The number of carbonyl (C=O) groups is 2. The summed E-state index contributed by atoms with van der Waals surface area (Å²) in [6.07, 6.45) is 0.192. The van der Waals surface area contributed by atoms with Crippen molar-refractivity contribution < 1.29 is 19.1 Å². The predicted molar refractivity (Wildman–Crippen MR) is 98.9 cm³/mol. The average molecular weight is 353 g/mol. The van der Waals surface area contributed by atoms with Gasteiger partial charge in [0.1, 0.15) is 5.75 Å². The van der Waals surface area contributed by atoms with Gasteiger partial charge in [0.05, 0.1) is 20.3 Å². The third kappa shape index (κ3) is 3.94. The highest BCUT2D eigenvalue weighted by molar-refractivity contribution is 6.01. The van der Waals surface area contributed by atoms with Gasteiger partial charge in [0, 0.05) is 30.6 Å². The molecule has 1 fully saturated rings. The van der Waals surface area contributed by atoms with Crippen molar-refractivity contribution in [3.63, 3.8) is 0 Å². The lowest BCUT2D eigenvalue weighted by Gasteiger charge is -2.27. The summed E-state index contributed by atoms with van der Waals surface area (Å²) in [5.74, 6) is 0.699. The summed E-state index contributed by atoms with van der Waals surface area (Å²) >= 11 is 0. The van der Waals surface area contributed by atoms with E-state index in [-0.39, 0.29) is 18.1 Å². The van der Waals surface area contributed by atoms with Gasteiger partial charge in [-0.2, -0.15) is 0 Å². The van der Waals surface area contributed by atoms with Crippen molar-refractivity contribution in [3.05, 3.63) is 64.7 Å². The fraction of sp³-hybridized carbons (Fsp3) is 0.333. The fourth-order valence-corrected chi connectivity index (χ4v) is 3.15. The summed E-state index contributed by atoms with van der Waals surface area (Å²) < 4.78 is 10.6. The second kappa shape index (κ2) is 8.15. The SMILES string of the molecule is COc1ccc(C(=O)Cc2ccccc2C(=O)N2CCOCC2)cc1C. The Morgan fingerprint density at radius 3 is 2.54 bits per heavy atom. The Morgan fingerprint density at radius 1 is 1.12 bits per heavy atom. The number of benzene rings is 2. The van der Waals surface area contributed by atoms with E-state index >= 15 is 0 Å². The van der Waals surface area contributed by atoms with E-state index in [1.165, 1.54) is 0 Å². The van der Waals surface area contributed by atoms with Gasteiger partial charge in [-0.05, 0) is 42.3 Å². The first-order valence-corrected chi connectivity index (χ1v) is 8.73. The molecular formula is C21H23NO4. The van der Waals surface area contributed by atoms with Crippen LogP contribution >= 0.6 is 0 Å². The molecule has 136 valence electrons.